The van der Waals surface area contributed by atoms with E-state index in [-0.39, 0.29) is 0 Å². The molecule has 0 amide bonds. The molecule has 0 aromatic heterocycles. The van der Waals surface area contributed by atoms with Crippen LogP contribution in [0.4, 0.5) is 0 Å². The van der Waals surface area contributed by atoms with Crippen molar-refractivity contribution in [3.8, 4) is 0 Å². The molecular formula is C17H27NO. The number of ether oxygens (including phenoxy) is 1. The molecule has 0 saturated carbocycles. The lowest BCUT2D eigenvalue weighted by molar-refractivity contribution is 0.0333. The van der Waals surface area contributed by atoms with Crippen LogP contribution in [0.1, 0.15) is 56.3 Å². The van der Waals surface area contributed by atoms with E-state index in [0.717, 1.165) is 19.3 Å². The monoisotopic (exact) mass is 261 g/mol. The Hall–Kier alpha value is -0.860. The third-order valence-corrected chi connectivity index (χ3v) is 4.30. The zero-order valence-corrected chi connectivity index (χ0v) is 12.7. The van der Waals surface area contributed by atoms with Crippen LogP contribution in [0.25, 0.3) is 0 Å². The summed E-state index contributed by atoms with van der Waals surface area (Å²) in [5, 5.41) is 3.44. The number of nitrogens with one attached hydrogen (secondary N) is 1. The van der Waals surface area contributed by atoms with Gasteiger partial charge in [-0.1, -0.05) is 32.0 Å². The summed E-state index contributed by atoms with van der Waals surface area (Å²) in [6.07, 6.45) is 5.28. The Bertz CT molecular complexity index is 416. The maximum absolute atomic E-state index is 6.04. The molecular weight excluding hydrogens is 234 g/mol. The van der Waals surface area contributed by atoms with Gasteiger partial charge in [-0.15, -0.1) is 0 Å². The van der Waals surface area contributed by atoms with Gasteiger partial charge in [0.2, 0.25) is 0 Å². The van der Waals surface area contributed by atoms with E-state index in [9.17, 15) is 0 Å². The quantitative estimate of drug-likeness (QED) is 0.873. The fourth-order valence-electron chi connectivity index (χ4n) is 3.16. The fourth-order valence-corrected chi connectivity index (χ4v) is 3.16. The first-order valence-electron chi connectivity index (χ1n) is 7.64. The van der Waals surface area contributed by atoms with Crippen LogP contribution in [-0.2, 0) is 17.6 Å². The molecule has 1 fully saturated rings. The highest BCUT2D eigenvalue weighted by Crippen LogP contribution is 2.31. The standard InChI is InChI=1S/C17H27NO/c1-5-13-8-9-15(11-14(13)6-2)17(18-4)16-10-7-12(3)19-16/h8-9,11-12,16-18H,5-7,10H2,1-4H3. The van der Waals surface area contributed by atoms with Crippen molar-refractivity contribution in [2.45, 2.75) is 64.7 Å². The minimum Gasteiger partial charge on any atom is -0.373 e. The van der Waals surface area contributed by atoms with E-state index in [0.29, 0.717) is 18.2 Å². The number of aryl methyl sites for hydroxylation is 2. The SMILES string of the molecule is CCc1ccc(C(NC)C2CCC(C)O2)cc1CC. The molecule has 0 spiro atoms. The summed E-state index contributed by atoms with van der Waals surface area (Å²) >= 11 is 0. The predicted molar refractivity (Wildman–Crippen MR) is 80.6 cm³/mol. The molecule has 1 aliphatic heterocycles. The highest BCUT2D eigenvalue weighted by atomic mass is 16.5. The summed E-state index contributed by atoms with van der Waals surface area (Å²) in [7, 11) is 2.04. The maximum atomic E-state index is 6.04. The lowest BCUT2D eigenvalue weighted by Gasteiger charge is -2.24. The molecule has 1 aromatic carbocycles. The third kappa shape index (κ3) is 3.18. The van der Waals surface area contributed by atoms with Crippen LogP contribution >= 0.6 is 0 Å². The number of hydrogen-bond donors (Lipinski definition) is 1. The van der Waals surface area contributed by atoms with E-state index in [4.69, 9.17) is 4.74 Å². The Kier molecular flexibility index (Phi) is 5.00. The Morgan fingerprint density at radius 3 is 2.47 bits per heavy atom. The summed E-state index contributed by atoms with van der Waals surface area (Å²) in [6, 6.07) is 7.25. The minimum atomic E-state index is 0.317. The lowest BCUT2D eigenvalue weighted by Crippen LogP contribution is -2.29. The second-order valence-corrected chi connectivity index (χ2v) is 5.56. The molecule has 2 rings (SSSR count). The summed E-state index contributed by atoms with van der Waals surface area (Å²) in [5.74, 6) is 0. The first-order chi connectivity index (χ1) is 9.19. The van der Waals surface area contributed by atoms with Crippen molar-refractivity contribution in [2.75, 3.05) is 7.05 Å². The second kappa shape index (κ2) is 6.53. The van der Waals surface area contributed by atoms with E-state index in [1.165, 1.54) is 23.1 Å². The second-order valence-electron chi connectivity index (χ2n) is 5.56. The van der Waals surface area contributed by atoms with Gasteiger partial charge in [0.25, 0.3) is 0 Å². The van der Waals surface area contributed by atoms with Gasteiger partial charge < -0.3 is 10.1 Å². The van der Waals surface area contributed by atoms with Crippen LogP contribution < -0.4 is 5.32 Å². The molecule has 3 atom stereocenters. The van der Waals surface area contributed by atoms with Crippen molar-refractivity contribution in [3.63, 3.8) is 0 Å². The first-order valence-corrected chi connectivity index (χ1v) is 7.64. The molecule has 2 nitrogen and oxygen atoms in total. The van der Waals surface area contributed by atoms with Crippen molar-refractivity contribution in [2.24, 2.45) is 0 Å². The number of benzene rings is 1. The lowest BCUT2D eigenvalue weighted by atomic mass is 9.93. The van der Waals surface area contributed by atoms with Gasteiger partial charge in [-0.05, 0) is 56.3 Å². The third-order valence-electron chi connectivity index (χ3n) is 4.30. The average molecular weight is 261 g/mol. The average Bonchev–Trinajstić information content (AvgIpc) is 2.86. The minimum absolute atomic E-state index is 0.317. The van der Waals surface area contributed by atoms with E-state index in [1.807, 2.05) is 7.05 Å². The van der Waals surface area contributed by atoms with Crippen molar-refractivity contribution >= 4 is 0 Å². The highest BCUT2D eigenvalue weighted by Gasteiger charge is 2.29. The smallest absolute Gasteiger partial charge is 0.0774 e. The molecule has 0 aliphatic carbocycles. The molecule has 3 unspecified atom stereocenters. The van der Waals surface area contributed by atoms with Gasteiger partial charge in [0.05, 0.1) is 18.2 Å². The Labute approximate surface area is 117 Å². The molecule has 1 heterocycles. The van der Waals surface area contributed by atoms with Gasteiger partial charge in [-0.3, -0.25) is 0 Å². The fraction of sp³-hybridized carbons (Fsp3) is 0.647. The van der Waals surface area contributed by atoms with Crippen LogP contribution in [0.2, 0.25) is 0 Å². The van der Waals surface area contributed by atoms with E-state index < -0.39 is 0 Å². The van der Waals surface area contributed by atoms with Gasteiger partial charge in [-0.2, -0.15) is 0 Å². The van der Waals surface area contributed by atoms with Crippen molar-refractivity contribution in [3.05, 3.63) is 34.9 Å². The molecule has 1 aliphatic rings. The van der Waals surface area contributed by atoms with E-state index in [1.54, 1.807) is 0 Å². The summed E-state index contributed by atoms with van der Waals surface area (Å²) in [4.78, 5) is 0. The number of hydrogen-bond acceptors (Lipinski definition) is 2. The largest absolute Gasteiger partial charge is 0.373 e. The normalized spacial score (nSPS) is 24.6. The summed E-state index contributed by atoms with van der Waals surface area (Å²) < 4.78 is 6.04. The van der Waals surface area contributed by atoms with Crippen LogP contribution in [0.15, 0.2) is 18.2 Å². The van der Waals surface area contributed by atoms with Crippen molar-refractivity contribution in [1.82, 2.24) is 5.32 Å². The number of rotatable bonds is 5. The van der Waals surface area contributed by atoms with E-state index >= 15 is 0 Å². The molecule has 2 heteroatoms. The predicted octanol–water partition coefficient (Wildman–Crippen LogP) is 3.64. The Morgan fingerprint density at radius 1 is 1.21 bits per heavy atom. The van der Waals surface area contributed by atoms with Gasteiger partial charge in [0.15, 0.2) is 0 Å². The van der Waals surface area contributed by atoms with Gasteiger partial charge in [-0.25, -0.2) is 0 Å². The zero-order valence-electron chi connectivity index (χ0n) is 12.7. The highest BCUT2D eigenvalue weighted by molar-refractivity contribution is 5.34. The molecule has 1 saturated heterocycles. The maximum Gasteiger partial charge on any atom is 0.0774 e. The molecule has 1 N–H and O–H groups in total. The number of likely N-dealkylation sites (N-methyl/N-ethyl adjacent to an activating group) is 1. The van der Waals surface area contributed by atoms with Gasteiger partial charge in [0, 0.05) is 0 Å². The molecule has 0 bridgehead atoms. The van der Waals surface area contributed by atoms with Crippen LogP contribution in [0.5, 0.6) is 0 Å². The first kappa shape index (κ1) is 14.5. The summed E-state index contributed by atoms with van der Waals surface area (Å²) in [5.41, 5.74) is 4.32. The van der Waals surface area contributed by atoms with Crippen LogP contribution in [-0.4, -0.2) is 19.3 Å². The molecule has 19 heavy (non-hydrogen) atoms. The topological polar surface area (TPSA) is 21.3 Å². The van der Waals surface area contributed by atoms with Gasteiger partial charge in [0.1, 0.15) is 0 Å². The zero-order chi connectivity index (χ0) is 13.8. The van der Waals surface area contributed by atoms with E-state index in [2.05, 4.69) is 44.3 Å². The van der Waals surface area contributed by atoms with Gasteiger partial charge >= 0.3 is 0 Å². The molecule has 106 valence electrons. The van der Waals surface area contributed by atoms with Crippen molar-refractivity contribution in [1.29, 1.82) is 0 Å². The molecule has 0 radical (unpaired) electrons. The van der Waals surface area contributed by atoms with Crippen molar-refractivity contribution < 1.29 is 4.74 Å². The van der Waals surface area contributed by atoms with Crippen LogP contribution in [0, 0.1) is 0 Å². The van der Waals surface area contributed by atoms with Crippen LogP contribution in [0.3, 0.4) is 0 Å². The summed E-state index contributed by atoms with van der Waals surface area (Å²) in [6.45, 7) is 6.64. The molecule has 1 aromatic rings. The Morgan fingerprint density at radius 2 is 1.95 bits per heavy atom. The Balaban J connectivity index is 2.23.